The molecule has 0 aliphatic carbocycles. The summed E-state index contributed by atoms with van der Waals surface area (Å²) in [5.41, 5.74) is 2.15. The number of benzene rings is 2. The van der Waals surface area contributed by atoms with Gasteiger partial charge in [-0.25, -0.2) is 4.98 Å². The largest absolute Gasteiger partial charge is 0.484 e. The van der Waals surface area contributed by atoms with Crippen molar-refractivity contribution in [1.82, 2.24) is 14.9 Å². The minimum absolute atomic E-state index is 0.0407. The molecule has 0 spiro atoms. The van der Waals surface area contributed by atoms with Crippen LogP contribution in [0.2, 0.25) is 0 Å². The number of imidazole rings is 1. The Morgan fingerprint density at radius 2 is 2.00 bits per heavy atom. The average Bonchev–Trinajstić information content (AvgIpc) is 3.11. The molecule has 0 aliphatic rings. The molecule has 26 heavy (non-hydrogen) atoms. The second-order valence-electron chi connectivity index (χ2n) is 6.10. The second kappa shape index (κ2) is 8.34. The highest BCUT2D eigenvalue weighted by Gasteiger charge is 2.20. The van der Waals surface area contributed by atoms with E-state index in [1.54, 1.807) is 6.20 Å². The summed E-state index contributed by atoms with van der Waals surface area (Å²) in [5, 5.41) is 3.03. The average molecular weight is 349 g/mol. The van der Waals surface area contributed by atoms with Gasteiger partial charge in [0.15, 0.2) is 6.61 Å². The van der Waals surface area contributed by atoms with Gasteiger partial charge in [-0.1, -0.05) is 49.4 Å². The van der Waals surface area contributed by atoms with Crippen LogP contribution in [0.1, 0.15) is 29.9 Å². The van der Waals surface area contributed by atoms with Crippen molar-refractivity contribution in [3.8, 4) is 5.75 Å². The lowest BCUT2D eigenvalue weighted by Crippen LogP contribution is -2.34. The summed E-state index contributed by atoms with van der Waals surface area (Å²) in [6.07, 6.45) is 4.52. The fourth-order valence-corrected chi connectivity index (χ4v) is 2.80. The van der Waals surface area contributed by atoms with Gasteiger partial charge in [0.1, 0.15) is 17.6 Å². The van der Waals surface area contributed by atoms with Gasteiger partial charge in [-0.05, 0) is 29.7 Å². The Hall–Kier alpha value is -3.08. The zero-order valence-electron chi connectivity index (χ0n) is 15.1. The molecule has 0 aliphatic heterocycles. The zero-order valence-corrected chi connectivity index (χ0v) is 15.1. The molecule has 134 valence electrons. The summed E-state index contributed by atoms with van der Waals surface area (Å²) >= 11 is 0. The summed E-state index contributed by atoms with van der Waals surface area (Å²) < 4.78 is 7.56. The molecule has 0 fully saturated rings. The number of carbonyl (C=O) groups excluding carboxylic acids is 1. The standard InChI is InChI=1S/C21H23N3O2/c1-3-16-8-7-11-18(14-16)26-15-19(25)23-20(17-9-5-4-6-10-17)21-22-12-13-24(21)2/h4-14,20H,3,15H2,1-2H3,(H,23,25). The Balaban J connectivity index is 1.70. The first-order valence-corrected chi connectivity index (χ1v) is 8.70. The van der Waals surface area contributed by atoms with Crippen LogP contribution in [0.4, 0.5) is 0 Å². The van der Waals surface area contributed by atoms with Gasteiger partial charge in [0.2, 0.25) is 0 Å². The number of aromatic nitrogens is 2. The summed E-state index contributed by atoms with van der Waals surface area (Å²) in [6, 6.07) is 17.3. The van der Waals surface area contributed by atoms with Crippen molar-refractivity contribution in [2.75, 3.05) is 6.61 Å². The van der Waals surface area contributed by atoms with Crippen LogP contribution in [0.5, 0.6) is 5.75 Å². The molecule has 1 heterocycles. The number of rotatable bonds is 7. The third-order valence-corrected chi connectivity index (χ3v) is 4.23. The molecule has 0 bridgehead atoms. The van der Waals surface area contributed by atoms with Crippen LogP contribution in [-0.4, -0.2) is 22.1 Å². The van der Waals surface area contributed by atoms with E-state index < -0.39 is 0 Å². The molecule has 1 amide bonds. The minimum atomic E-state index is -0.325. The van der Waals surface area contributed by atoms with Gasteiger partial charge in [0.25, 0.3) is 5.91 Å². The minimum Gasteiger partial charge on any atom is -0.484 e. The molecule has 0 saturated carbocycles. The zero-order chi connectivity index (χ0) is 18.4. The van der Waals surface area contributed by atoms with Crippen molar-refractivity contribution >= 4 is 5.91 Å². The van der Waals surface area contributed by atoms with Gasteiger partial charge < -0.3 is 14.6 Å². The van der Waals surface area contributed by atoms with Crippen molar-refractivity contribution < 1.29 is 9.53 Å². The van der Waals surface area contributed by atoms with E-state index in [0.29, 0.717) is 5.75 Å². The third kappa shape index (κ3) is 4.30. The predicted molar refractivity (Wildman–Crippen MR) is 101 cm³/mol. The van der Waals surface area contributed by atoms with E-state index in [1.807, 2.05) is 72.4 Å². The molecule has 2 aromatic carbocycles. The molecule has 5 heteroatoms. The monoisotopic (exact) mass is 349 g/mol. The molecule has 3 aromatic rings. The van der Waals surface area contributed by atoms with E-state index in [-0.39, 0.29) is 18.6 Å². The Morgan fingerprint density at radius 1 is 1.19 bits per heavy atom. The lowest BCUT2D eigenvalue weighted by atomic mass is 10.1. The number of nitrogens with one attached hydrogen (secondary N) is 1. The maximum atomic E-state index is 12.5. The lowest BCUT2D eigenvalue weighted by Gasteiger charge is -2.19. The highest BCUT2D eigenvalue weighted by Crippen LogP contribution is 2.20. The topological polar surface area (TPSA) is 56.1 Å². The summed E-state index contributed by atoms with van der Waals surface area (Å²) in [6.45, 7) is 2.05. The van der Waals surface area contributed by atoms with Crippen molar-refractivity contribution in [1.29, 1.82) is 0 Å². The maximum absolute atomic E-state index is 12.5. The molecule has 1 aromatic heterocycles. The van der Waals surface area contributed by atoms with Crippen LogP contribution in [0.3, 0.4) is 0 Å². The molecule has 3 rings (SSSR count). The van der Waals surface area contributed by atoms with E-state index in [4.69, 9.17) is 4.74 Å². The first-order valence-electron chi connectivity index (χ1n) is 8.70. The Morgan fingerprint density at radius 3 is 2.69 bits per heavy atom. The third-order valence-electron chi connectivity index (χ3n) is 4.23. The van der Waals surface area contributed by atoms with Gasteiger partial charge in [-0.2, -0.15) is 0 Å². The van der Waals surface area contributed by atoms with Crippen LogP contribution in [-0.2, 0) is 18.3 Å². The summed E-state index contributed by atoms with van der Waals surface area (Å²) in [4.78, 5) is 16.9. The molecule has 1 unspecified atom stereocenters. The second-order valence-corrected chi connectivity index (χ2v) is 6.10. The fourth-order valence-electron chi connectivity index (χ4n) is 2.80. The van der Waals surface area contributed by atoms with E-state index in [1.165, 1.54) is 5.56 Å². The molecule has 5 nitrogen and oxygen atoms in total. The van der Waals surface area contributed by atoms with Gasteiger partial charge >= 0.3 is 0 Å². The Kier molecular flexibility index (Phi) is 5.69. The van der Waals surface area contributed by atoms with Gasteiger partial charge in [-0.15, -0.1) is 0 Å². The van der Waals surface area contributed by atoms with Crippen LogP contribution in [0.25, 0.3) is 0 Å². The lowest BCUT2D eigenvalue weighted by molar-refractivity contribution is -0.123. The van der Waals surface area contributed by atoms with Crippen molar-refractivity contribution in [2.24, 2.45) is 7.05 Å². The number of ether oxygens (including phenoxy) is 1. The van der Waals surface area contributed by atoms with E-state index in [2.05, 4.69) is 17.2 Å². The summed E-state index contributed by atoms with van der Waals surface area (Å²) in [5.74, 6) is 1.29. The Bertz CT molecular complexity index is 858. The number of hydrogen-bond donors (Lipinski definition) is 1. The van der Waals surface area contributed by atoms with Crippen molar-refractivity contribution in [2.45, 2.75) is 19.4 Å². The first kappa shape index (κ1) is 17.7. The molecule has 1 atom stereocenters. The smallest absolute Gasteiger partial charge is 0.258 e. The summed E-state index contributed by atoms with van der Waals surface area (Å²) in [7, 11) is 1.91. The molecule has 0 saturated heterocycles. The SMILES string of the molecule is CCc1cccc(OCC(=O)NC(c2ccccc2)c2nccn2C)c1. The van der Waals surface area contributed by atoms with E-state index in [9.17, 15) is 4.79 Å². The number of nitrogens with zero attached hydrogens (tertiary/aromatic N) is 2. The van der Waals surface area contributed by atoms with Gasteiger partial charge in [-0.3, -0.25) is 4.79 Å². The Labute approximate surface area is 153 Å². The predicted octanol–water partition coefficient (Wildman–Crippen LogP) is 3.27. The van der Waals surface area contributed by atoms with E-state index in [0.717, 1.165) is 17.8 Å². The fraction of sp³-hybridized carbons (Fsp3) is 0.238. The van der Waals surface area contributed by atoms with Gasteiger partial charge in [0, 0.05) is 19.4 Å². The number of hydrogen-bond acceptors (Lipinski definition) is 3. The van der Waals surface area contributed by atoms with E-state index >= 15 is 0 Å². The van der Waals surface area contributed by atoms with Crippen molar-refractivity contribution in [3.63, 3.8) is 0 Å². The highest BCUT2D eigenvalue weighted by molar-refractivity contribution is 5.78. The van der Waals surface area contributed by atoms with Crippen molar-refractivity contribution in [3.05, 3.63) is 83.9 Å². The van der Waals surface area contributed by atoms with Gasteiger partial charge in [0.05, 0.1) is 0 Å². The molecule has 0 radical (unpaired) electrons. The molecular weight excluding hydrogens is 326 g/mol. The van der Waals surface area contributed by atoms with Crippen LogP contribution in [0, 0.1) is 0 Å². The van der Waals surface area contributed by atoms with Crippen LogP contribution >= 0.6 is 0 Å². The normalized spacial score (nSPS) is 11.8. The number of aryl methyl sites for hydroxylation is 2. The molecular formula is C21H23N3O2. The van der Waals surface area contributed by atoms with Crippen LogP contribution in [0.15, 0.2) is 67.0 Å². The highest BCUT2D eigenvalue weighted by atomic mass is 16.5. The maximum Gasteiger partial charge on any atom is 0.258 e. The quantitative estimate of drug-likeness (QED) is 0.712. The number of carbonyl (C=O) groups is 1. The first-order chi connectivity index (χ1) is 12.7. The number of amides is 1. The molecule has 1 N–H and O–H groups in total. The van der Waals surface area contributed by atoms with Crippen LogP contribution < -0.4 is 10.1 Å².